The molecule has 0 aromatic heterocycles. The third-order valence-electron chi connectivity index (χ3n) is 4.05. The van der Waals surface area contributed by atoms with Crippen LogP contribution in [-0.2, 0) is 0 Å². The standard InChI is InChI=1S/C16H23N3O2/c17-14-11-12(16(20)18-13-4-5-13)3-6-15(14)21-10-9-19-7-1-2-8-19/h3,6,11,13H,1-2,4-5,7-10,17H2,(H,18,20). The third-order valence-corrected chi connectivity index (χ3v) is 4.05. The van der Waals surface area contributed by atoms with Crippen LogP contribution >= 0.6 is 0 Å². The minimum atomic E-state index is -0.0483. The molecule has 5 nitrogen and oxygen atoms in total. The maximum atomic E-state index is 11.9. The Morgan fingerprint density at radius 2 is 2.10 bits per heavy atom. The molecule has 114 valence electrons. The van der Waals surface area contributed by atoms with Gasteiger partial charge in [-0.15, -0.1) is 0 Å². The first kappa shape index (κ1) is 14.2. The molecule has 2 fully saturated rings. The summed E-state index contributed by atoms with van der Waals surface area (Å²) in [5, 5.41) is 2.96. The number of likely N-dealkylation sites (tertiary alicyclic amines) is 1. The molecule has 0 bridgehead atoms. The molecule has 1 amide bonds. The number of benzene rings is 1. The molecule has 1 aliphatic heterocycles. The van der Waals surface area contributed by atoms with Crippen molar-refractivity contribution >= 4 is 11.6 Å². The van der Waals surface area contributed by atoms with Crippen molar-refractivity contribution in [2.45, 2.75) is 31.7 Å². The fourth-order valence-electron chi connectivity index (χ4n) is 2.61. The van der Waals surface area contributed by atoms with Crippen LogP contribution < -0.4 is 15.8 Å². The zero-order valence-electron chi connectivity index (χ0n) is 12.3. The molecule has 2 aliphatic rings. The second-order valence-corrected chi connectivity index (χ2v) is 5.90. The molecule has 0 radical (unpaired) electrons. The van der Waals surface area contributed by atoms with Crippen molar-refractivity contribution in [1.82, 2.24) is 10.2 Å². The van der Waals surface area contributed by atoms with Crippen LogP contribution in [0.3, 0.4) is 0 Å². The molecular weight excluding hydrogens is 266 g/mol. The van der Waals surface area contributed by atoms with E-state index in [-0.39, 0.29) is 5.91 Å². The van der Waals surface area contributed by atoms with Gasteiger partial charge in [0.15, 0.2) is 0 Å². The average Bonchev–Trinajstić information content (AvgIpc) is 3.13. The number of hydrogen-bond donors (Lipinski definition) is 2. The van der Waals surface area contributed by atoms with Gasteiger partial charge in [-0.05, 0) is 57.0 Å². The van der Waals surface area contributed by atoms with Gasteiger partial charge >= 0.3 is 0 Å². The van der Waals surface area contributed by atoms with E-state index in [1.54, 1.807) is 18.2 Å². The minimum Gasteiger partial charge on any atom is -0.490 e. The number of ether oxygens (including phenoxy) is 1. The lowest BCUT2D eigenvalue weighted by molar-refractivity contribution is 0.0951. The number of nitrogen functional groups attached to an aromatic ring is 1. The largest absolute Gasteiger partial charge is 0.490 e. The lowest BCUT2D eigenvalue weighted by Crippen LogP contribution is -2.26. The van der Waals surface area contributed by atoms with Crippen LogP contribution in [0.15, 0.2) is 18.2 Å². The Balaban J connectivity index is 1.51. The Morgan fingerprint density at radius 1 is 1.33 bits per heavy atom. The average molecular weight is 289 g/mol. The number of rotatable bonds is 6. The van der Waals surface area contributed by atoms with E-state index in [4.69, 9.17) is 10.5 Å². The van der Waals surface area contributed by atoms with Crippen LogP contribution in [0, 0.1) is 0 Å². The summed E-state index contributed by atoms with van der Waals surface area (Å²) in [6, 6.07) is 5.62. The normalized spacial score (nSPS) is 18.7. The Bertz CT molecular complexity index is 508. The molecule has 0 atom stereocenters. The Kier molecular flexibility index (Phi) is 4.29. The summed E-state index contributed by atoms with van der Waals surface area (Å²) in [6.45, 7) is 3.90. The smallest absolute Gasteiger partial charge is 0.251 e. The Labute approximate surface area is 125 Å². The molecule has 0 unspecified atom stereocenters. The van der Waals surface area contributed by atoms with E-state index in [0.29, 0.717) is 29.6 Å². The first-order chi connectivity index (χ1) is 10.2. The van der Waals surface area contributed by atoms with Crippen molar-refractivity contribution in [2.24, 2.45) is 0 Å². The van der Waals surface area contributed by atoms with E-state index in [1.807, 2.05) is 0 Å². The minimum absolute atomic E-state index is 0.0483. The molecular formula is C16H23N3O2. The Morgan fingerprint density at radius 3 is 2.76 bits per heavy atom. The van der Waals surface area contributed by atoms with Gasteiger partial charge in [0, 0.05) is 18.2 Å². The van der Waals surface area contributed by atoms with Gasteiger partial charge < -0.3 is 15.8 Å². The number of nitrogens with one attached hydrogen (secondary N) is 1. The van der Waals surface area contributed by atoms with Gasteiger partial charge in [-0.25, -0.2) is 0 Å². The molecule has 1 saturated carbocycles. The zero-order chi connectivity index (χ0) is 14.7. The Hall–Kier alpha value is -1.75. The molecule has 1 aliphatic carbocycles. The van der Waals surface area contributed by atoms with E-state index in [1.165, 1.54) is 25.9 Å². The van der Waals surface area contributed by atoms with Crippen molar-refractivity contribution in [3.8, 4) is 5.75 Å². The molecule has 3 rings (SSSR count). The summed E-state index contributed by atoms with van der Waals surface area (Å²) in [4.78, 5) is 14.3. The van der Waals surface area contributed by atoms with Gasteiger partial charge in [-0.3, -0.25) is 9.69 Å². The predicted molar refractivity (Wildman–Crippen MR) is 82.5 cm³/mol. The lowest BCUT2D eigenvalue weighted by Gasteiger charge is -2.16. The molecule has 0 spiro atoms. The maximum Gasteiger partial charge on any atom is 0.251 e. The molecule has 1 saturated heterocycles. The molecule has 3 N–H and O–H groups in total. The molecule has 1 heterocycles. The number of carbonyl (C=O) groups excluding carboxylic acids is 1. The van der Waals surface area contributed by atoms with Crippen LogP contribution in [0.2, 0.25) is 0 Å². The molecule has 21 heavy (non-hydrogen) atoms. The number of nitrogens with two attached hydrogens (primary N) is 1. The van der Waals surface area contributed by atoms with E-state index in [9.17, 15) is 4.79 Å². The van der Waals surface area contributed by atoms with E-state index >= 15 is 0 Å². The second kappa shape index (κ2) is 6.35. The van der Waals surface area contributed by atoms with Crippen molar-refractivity contribution in [2.75, 3.05) is 32.0 Å². The first-order valence-corrected chi connectivity index (χ1v) is 7.78. The van der Waals surface area contributed by atoms with Crippen molar-refractivity contribution in [3.63, 3.8) is 0 Å². The SMILES string of the molecule is Nc1cc(C(=O)NC2CC2)ccc1OCCN1CCCC1. The fourth-order valence-corrected chi connectivity index (χ4v) is 2.61. The van der Waals surface area contributed by atoms with Crippen molar-refractivity contribution in [1.29, 1.82) is 0 Å². The van der Waals surface area contributed by atoms with E-state index in [0.717, 1.165) is 19.4 Å². The third kappa shape index (κ3) is 3.88. The molecule has 5 heteroatoms. The number of hydrogen-bond acceptors (Lipinski definition) is 4. The van der Waals surface area contributed by atoms with Crippen molar-refractivity contribution in [3.05, 3.63) is 23.8 Å². The summed E-state index contributed by atoms with van der Waals surface area (Å²) in [6.07, 6.45) is 4.73. The predicted octanol–water partition coefficient (Wildman–Crippen LogP) is 1.64. The molecule has 1 aromatic carbocycles. The molecule has 1 aromatic rings. The summed E-state index contributed by atoms with van der Waals surface area (Å²) in [5.74, 6) is 0.616. The highest BCUT2D eigenvalue weighted by molar-refractivity contribution is 5.95. The number of carbonyl (C=O) groups is 1. The summed E-state index contributed by atoms with van der Waals surface area (Å²) < 4.78 is 5.73. The lowest BCUT2D eigenvalue weighted by atomic mass is 10.1. The number of nitrogens with zero attached hydrogens (tertiary/aromatic N) is 1. The number of amides is 1. The van der Waals surface area contributed by atoms with Crippen LogP contribution in [0.4, 0.5) is 5.69 Å². The monoisotopic (exact) mass is 289 g/mol. The maximum absolute atomic E-state index is 11.9. The highest BCUT2D eigenvalue weighted by Crippen LogP contribution is 2.24. The highest BCUT2D eigenvalue weighted by Gasteiger charge is 2.24. The fraction of sp³-hybridized carbons (Fsp3) is 0.562. The quantitative estimate of drug-likeness (QED) is 0.781. The topological polar surface area (TPSA) is 67.6 Å². The van der Waals surface area contributed by atoms with Gasteiger partial charge in [-0.2, -0.15) is 0 Å². The van der Waals surface area contributed by atoms with E-state index in [2.05, 4.69) is 10.2 Å². The summed E-state index contributed by atoms with van der Waals surface area (Å²) in [7, 11) is 0. The van der Waals surface area contributed by atoms with Crippen molar-refractivity contribution < 1.29 is 9.53 Å². The van der Waals surface area contributed by atoms with Gasteiger partial charge in [0.25, 0.3) is 5.91 Å². The van der Waals surface area contributed by atoms with Gasteiger partial charge in [0.2, 0.25) is 0 Å². The zero-order valence-corrected chi connectivity index (χ0v) is 12.3. The van der Waals surface area contributed by atoms with Crippen LogP contribution in [0.25, 0.3) is 0 Å². The van der Waals surface area contributed by atoms with E-state index < -0.39 is 0 Å². The van der Waals surface area contributed by atoms with Crippen LogP contribution in [0.5, 0.6) is 5.75 Å². The van der Waals surface area contributed by atoms with Crippen LogP contribution in [-0.4, -0.2) is 43.1 Å². The van der Waals surface area contributed by atoms with Gasteiger partial charge in [0.1, 0.15) is 12.4 Å². The van der Waals surface area contributed by atoms with Gasteiger partial charge in [0.05, 0.1) is 5.69 Å². The highest BCUT2D eigenvalue weighted by atomic mass is 16.5. The first-order valence-electron chi connectivity index (χ1n) is 7.78. The van der Waals surface area contributed by atoms with Crippen LogP contribution in [0.1, 0.15) is 36.0 Å². The number of anilines is 1. The van der Waals surface area contributed by atoms with Gasteiger partial charge in [-0.1, -0.05) is 0 Å². The summed E-state index contributed by atoms with van der Waals surface area (Å²) in [5.41, 5.74) is 7.11. The second-order valence-electron chi connectivity index (χ2n) is 5.90. The summed E-state index contributed by atoms with van der Waals surface area (Å²) >= 11 is 0.